The van der Waals surface area contributed by atoms with E-state index in [9.17, 15) is 9.59 Å². The second-order valence-electron chi connectivity index (χ2n) is 4.95. The molecule has 0 spiro atoms. The molecule has 0 aromatic heterocycles. The first-order chi connectivity index (χ1) is 8.15. The fourth-order valence-electron chi connectivity index (χ4n) is 2.68. The maximum absolute atomic E-state index is 12.2. The molecule has 1 N–H and O–H groups in total. The highest BCUT2D eigenvalue weighted by Gasteiger charge is 2.37. The SMILES string of the molecule is CCN1CC(C(=O)N2CCC(CO)C2)CC1=O. The third kappa shape index (κ3) is 2.44. The maximum Gasteiger partial charge on any atom is 0.228 e. The third-order valence-corrected chi connectivity index (χ3v) is 3.80. The van der Waals surface area contributed by atoms with Crippen molar-refractivity contribution >= 4 is 11.8 Å². The molecule has 2 fully saturated rings. The summed E-state index contributed by atoms with van der Waals surface area (Å²) in [4.78, 5) is 27.3. The zero-order valence-electron chi connectivity index (χ0n) is 10.3. The smallest absolute Gasteiger partial charge is 0.228 e. The molecule has 5 heteroatoms. The molecule has 2 amide bonds. The molecule has 0 bridgehead atoms. The highest BCUT2D eigenvalue weighted by atomic mass is 16.3. The zero-order valence-corrected chi connectivity index (χ0v) is 10.3. The van der Waals surface area contributed by atoms with E-state index in [0.717, 1.165) is 13.0 Å². The van der Waals surface area contributed by atoms with Gasteiger partial charge in [0.2, 0.25) is 11.8 Å². The van der Waals surface area contributed by atoms with Crippen LogP contribution in [-0.2, 0) is 9.59 Å². The van der Waals surface area contributed by atoms with Crippen LogP contribution in [0.2, 0.25) is 0 Å². The topological polar surface area (TPSA) is 60.9 Å². The number of hydrogen-bond acceptors (Lipinski definition) is 3. The Balaban J connectivity index is 1.91. The van der Waals surface area contributed by atoms with Crippen LogP contribution in [0.1, 0.15) is 19.8 Å². The van der Waals surface area contributed by atoms with Gasteiger partial charge < -0.3 is 14.9 Å². The van der Waals surface area contributed by atoms with Gasteiger partial charge >= 0.3 is 0 Å². The summed E-state index contributed by atoms with van der Waals surface area (Å²) in [7, 11) is 0. The van der Waals surface area contributed by atoms with Crippen molar-refractivity contribution in [1.82, 2.24) is 9.80 Å². The summed E-state index contributed by atoms with van der Waals surface area (Å²) in [5, 5.41) is 9.05. The van der Waals surface area contributed by atoms with Gasteiger partial charge in [-0.25, -0.2) is 0 Å². The summed E-state index contributed by atoms with van der Waals surface area (Å²) in [6, 6.07) is 0. The Labute approximate surface area is 101 Å². The van der Waals surface area contributed by atoms with Crippen LogP contribution >= 0.6 is 0 Å². The molecule has 0 aliphatic carbocycles. The third-order valence-electron chi connectivity index (χ3n) is 3.80. The molecule has 2 aliphatic heterocycles. The molecular weight excluding hydrogens is 220 g/mol. The van der Waals surface area contributed by atoms with Crippen LogP contribution in [0.3, 0.4) is 0 Å². The number of carbonyl (C=O) groups excluding carboxylic acids is 2. The number of nitrogens with zero attached hydrogens (tertiary/aromatic N) is 2. The van der Waals surface area contributed by atoms with Gasteiger partial charge in [0.1, 0.15) is 0 Å². The van der Waals surface area contributed by atoms with Gasteiger partial charge in [-0.15, -0.1) is 0 Å². The fourth-order valence-corrected chi connectivity index (χ4v) is 2.68. The van der Waals surface area contributed by atoms with Crippen LogP contribution in [0.25, 0.3) is 0 Å². The second kappa shape index (κ2) is 5.04. The minimum absolute atomic E-state index is 0.0868. The van der Waals surface area contributed by atoms with E-state index >= 15 is 0 Å². The summed E-state index contributed by atoms with van der Waals surface area (Å²) in [5.41, 5.74) is 0. The summed E-state index contributed by atoms with van der Waals surface area (Å²) >= 11 is 0. The van der Waals surface area contributed by atoms with Gasteiger partial charge in [-0.2, -0.15) is 0 Å². The van der Waals surface area contributed by atoms with Gasteiger partial charge in [0.15, 0.2) is 0 Å². The normalized spacial score (nSPS) is 29.2. The van der Waals surface area contributed by atoms with E-state index in [4.69, 9.17) is 5.11 Å². The van der Waals surface area contributed by atoms with Crippen molar-refractivity contribution < 1.29 is 14.7 Å². The molecule has 0 saturated carbocycles. The lowest BCUT2D eigenvalue weighted by atomic mass is 10.1. The van der Waals surface area contributed by atoms with E-state index in [2.05, 4.69) is 0 Å². The molecule has 2 heterocycles. The standard InChI is InChI=1S/C12H20N2O3/c1-2-13-7-10(5-11(13)16)12(17)14-4-3-9(6-14)8-15/h9-10,15H,2-8H2,1H3. The van der Waals surface area contributed by atoms with Crippen LogP contribution < -0.4 is 0 Å². The van der Waals surface area contributed by atoms with Crippen LogP contribution in [-0.4, -0.2) is 59.5 Å². The van der Waals surface area contributed by atoms with E-state index in [-0.39, 0.29) is 30.3 Å². The van der Waals surface area contributed by atoms with Crippen LogP contribution in [0.5, 0.6) is 0 Å². The Morgan fingerprint density at radius 3 is 2.76 bits per heavy atom. The first-order valence-corrected chi connectivity index (χ1v) is 6.33. The van der Waals surface area contributed by atoms with Crippen molar-refractivity contribution in [3.8, 4) is 0 Å². The molecule has 2 unspecified atom stereocenters. The van der Waals surface area contributed by atoms with Gasteiger partial charge in [0.25, 0.3) is 0 Å². The Morgan fingerprint density at radius 2 is 2.24 bits per heavy atom. The Bertz CT molecular complexity index is 319. The minimum atomic E-state index is -0.167. The van der Waals surface area contributed by atoms with Gasteiger partial charge in [-0.3, -0.25) is 9.59 Å². The van der Waals surface area contributed by atoms with Gasteiger partial charge in [-0.1, -0.05) is 0 Å². The second-order valence-corrected chi connectivity index (χ2v) is 4.95. The molecule has 96 valence electrons. The zero-order chi connectivity index (χ0) is 12.4. The molecule has 17 heavy (non-hydrogen) atoms. The monoisotopic (exact) mass is 240 g/mol. The quantitative estimate of drug-likeness (QED) is 0.736. The average Bonchev–Trinajstić information content (AvgIpc) is 2.94. The van der Waals surface area contributed by atoms with Gasteiger partial charge in [0.05, 0.1) is 5.92 Å². The molecule has 2 atom stereocenters. The highest BCUT2D eigenvalue weighted by Crippen LogP contribution is 2.23. The summed E-state index contributed by atoms with van der Waals surface area (Å²) < 4.78 is 0. The molecule has 2 saturated heterocycles. The van der Waals surface area contributed by atoms with Crippen molar-refractivity contribution in [2.24, 2.45) is 11.8 Å². The first kappa shape index (κ1) is 12.4. The van der Waals surface area contributed by atoms with E-state index in [1.165, 1.54) is 0 Å². The Kier molecular flexibility index (Phi) is 3.66. The Hall–Kier alpha value is -1.10. The number of aliphatic hydroxyl groups excluding tert-OH is 1. The van der Waals surface area contributed by atoms with E-state index in [1.807, 2.05) is 6.92 Å². The Morgan fingerprint density at radius 1 is 1.47 bits per heavy atom. The van der Waals surface area contributed by atoms with E-state index < -0.39 is 0 Å². The number of amides is 2. The molecule has 2 aliphatic rings. The molecule has 2 rings (SSSR count). The number of carbonyl (C=O) groups is 2. The summed E-state index contributed by atoms with van der Waals surface area (Å²) in [6.45, 7) is 4.69. The largest absolute Gasteiger partial charge is 0.396 e. The molecule has 0 radical (unpaired) electrons. The molecular formula is C12H20N2O3. The van der Waals surface area contributed by atoms with Gasteiger partial charge in [-0.05, 0) is 13.3 Å². The lowest BCUT2D eigenvalue weighted by Gasteiger charge is -2.20. The van der Waals surface area contributed by atoms with Crippen LogP contribution in [0, 0.1) is 11.8 Å². The number of aliphatic hydroxyl groups is 1. The van der Waals surface area contributed by atoms with Crippen LogP contribution in [0.15, 0.2) is 0 Å². The first-order valence-electron chi connectivity index (χ1n) is 6.33. The van der Waals surface area contributed by atoms with Gasteiger partial charge in [0, 0.05) is 45.1 Å². The van der Waals surface area contributed by atoms with Crippen molar-refractivity contribution in [3.05, 3.63) is 0 Å². The van der Waals surface area contributed by atoms with Crippen molar-refractivity contribution in [3.63, 3.8) is 0 Å². The summed E-state index contributed by atoms with van der Waals surface area (Å²) in [6.07, 6.45) is 1.23. The molecule has 5 nitrogen and oxygen atoms in total. The number of rotatable bonds is 3. The predicted octanol–water partition coefficient (Wildman–Crippen LogP) is -0.304. The summed E-state index contributed by atoms with van der Waals surface area (Å²) in [5.74, 6) is 0.229. The highest BCUT2D eigenvalue weighted by molar-refractivity contribution is 5.89. The van der Waals surface area contributed by atoms with Crippen molar-refractivity contribution in [2.45, 2.75) is 19.8 Å². The van der Waals surface area contributed by atoms with E-state index in [1.54, 1.807) is 9.80 Å². The van der Waals surface area contributed by atoms with Crippen molar-refractivity contribution in [1.29, 1.82) is 0 Å². The lowest BCUT2D eigenvalue weighted by Crippen LogP contribution is -2.36. The molecule has 0 aromatic rings. The minimum Gasteiger partial charge on any atom is -0.396 e. The predicted molar refractivity (Wildman–Crippen MR) is 62.1 cm³/mol. The van der Waals surface area contributed by atoms with Crippen molar-refractivity contribution in [2.75, 3.05) is 32.8 Å². The van der Waals surface area contributed by atoms with E-state index in [0.29, 0.717) is 26.1 Å². The molecule has 0 aromatic carbocycles. The average molecular weight is 240 g/mol. The number of likely N-dealkylation sites (tertiary alicyclic amines) is 2. The fraction of sp³-hybridized carbons (Fsp3) is 0.833. The maximum atomic E-state index is 12.2. The number of hydrogen-bond donors (Lipinski definition) is 1. The lowest BCUT2D eigenvalue weighted by molar-refractivity contribution is -0.135. The van der Waals surface area contributed by atoms with Crippen LogP contribution in [0.4, 0.5) is 0 Å².